The first-order valence-corrected chi connectivity index (χ1v) is 16.5. The van der Waals surface area contributed by atoms with Gasteiger partial charge in [-0.1, -0.05) is 121 Å². The first-order chi connectivity index (χ1) is 24.3. The van der Waals surface area contributed by atoms with E-state index in [-0.39, 0.29) is 0 Å². The maximum absolute atomic E-state index is 6.74. The summed E-state index contributed by atoms with van der Waals surface area (Å²) < 4.78 is 13.2. The normalized spacial score (nSPS) is 11.7. The fraction of sp³-hybridized carbons (Fsp3) is 0. The highest BCUT2D eigenvalue weighted by Crippen LogP contribution is 2.45. The number of fused-ring (bicyclic) bond motifs is 7. The van der Waals surface area contributed by atoms with Gasteiger partial charge in [-0.25, -0.2) is 4.98 Å². The van der Waals surface area contributed by atoms with Gasteiger partial charge in [-0.05, 0) is 75.8 Å². The number of hydrogen-bond donors (Lipinski definition) is 0. The lowest BCUT2D eigenvalue weighted by molar-refractivity contribution is 0.620. The van der Waals surface area contributed by atoms with Crippen LogP contribution in [-0.2, 0) is 0 Å². The molecular weight excluding hydrogens is 601 g/mol. The molecule has 0 fully saturated rings. The molecule has 10 aromatic rings. The standard InChI is InChI=1S/C45H28N2O2/c1-2-14-32(15-3-1)47(33-26-23-31(24-27-33)35-18-8-13-29-11-4-6-16-34(29)35)39-21-9-19-37-42-38(20-10-22-40(42)48-44(37)39)45-46-43-36-17-7-5-12-30(36)25-28-41(43)49-45/h1-28H. The lowest BCUT2D eigenvalue weighted by Crippen LogP contribution is -2.10. The highest BCUT2D eigenvalue weighted by atomic mass is 16.3. The van der Waals surface area contributed by atoms with Crippen LogP contribution in [0.25, 0.3) is 77.2 Å². The number of furan rings is 1. The molecule has 0 amide bonds. The van der Waals surface area contributed by atoms with E-state index in [0.29, 0.717) is 5.89 Å². The van der Waals surface area contributed by atoms with Gasteiger partial charge in [0.1, 0.15) is 11.1 Å². The Morgan fingerprint density at radius 2 is 1.08 bits per heavy atom. The second-order valence-electron chi connectivity index (χ2n) is 12.3. The molecule has 230 valence electrons. The van der Waals surface area contributed by atoms with Gasteiger partial charge < -0.3 is 13.7 Å². The van der Waals surface area contributed by atoms with E-state index in [1.807, 2.05) is 36.4 Å². The van der Waals surface area contributed by atoms with Crippen molar-refractivity contribution in [1.29, 1.82) is 0 Å². The van der Waals surface area contributed by atoms with Gasteiger partial charge in [0.15, 0.2) is 11.2 Å². The van der Waals surface area contributed by atoms with Gasteiger partial charge in [0.2, 0.25) is 5.89 Å². The fourth-order valence-corrected chi connectivity index (χ4v) is 7.24. The molecule has 0 atom stereocenters. The molecule has 2 aromatic heterocycles. The maximum Gasteiger partial charge on any atom is 0.228 e. The number of oxazole rings is 1. The molecule has 0 aliphatic heterocycles. The van der Waals surface area contributed by atoms with Crippen LogP contribution in [0.4, 0.5) is 17.1 Å². The highest BCUT2D eigenvalue weighted by Gasteiger charge is 2.22. The largest absolute Gasteiger partial charge is 0.454 e. The summed E-state index contributed by atoms with van der Waals surface area (Å²) in [4.78, 5) is 7.30. The molecule has 0 bridgehead atoms. The number of rotatable bonds is 5. The second kappa shape index (κ2) is 11.0. The molecule has 4 nitrogen and oxygen atoms in total. The summed E-state index contributed by atoms with van der Waals surface area (Å²) in [6.45, 7) is 0. The summed E-state index contributed by atoms with van der Waals surface area (Å²) in [6, 6.07) is 59.1. The fourth-order valence-electron chi connectivity index (χ4n) is 7.24. The zero-order valence-electron chi connectivity index (χ0n) is 26.4. The third-order valence-corrected chi connectivity index (χ3v) is 9.50. The molecule has 2 heterocycles. The van der Waals surface area contributed by atoms with E-state index in [9.17, 15) is 0 Å². The van der Waals surface area contributed by atoms with E-state index in [1.165, 1.54) is 21.9 Å². The average molecular weight is 629 g/mol. The summed E-state index contributed by atoms with van der Waals surface area (Å²) >= 11 is 0. The number of benzene rings is 8. The molecular formula is C45H28N2O2. The van der Waals surface area contributed by atoms with Gasteiger partial charge in [0.25, 0.3) is 0 Å². The van der Waals surface area contributed by atoms with E-state index in [2.05, 4.69) is 138 Å². The molecule has 0 aliphatic carbocycles. The van der Waals surface area contributed by atoms with Crippen molar-refractivity contribution in [2.45, 2.75) is 0 Å². The molecule has 0 saturated heterocycles. The first kappa shape index (κ1) is 27.5. The monoisotopic (exact) mass is 628 g/mol. The minimum absolute atomic E-state index is 0.578. The predicted molar refractivity (Wildman–Crippen MR) is 202 cm³/mol. The minimum atomic E-state index is 0.578. The lowest BCUT2D eigenvalue weighted by Gasteiger charge is -2.25. The maximum atomic E-state index is 6.74. The average Bonchev–Trinajstić information content (AvgIpc) is 3.78. The van der Waals surface area contributed by atoms with Gasteiger partial charge in [0.05, 0.1) is 5.69 Å². The Bertz CT molecular complexity index is 2820. The zero-order valence-corrected chi connectivity index (χ0v) is 26.4. The van der Waals surface area contributed by atoms with E-state index in [0.717, 1.165) is 66.4 Å². The summed E-state index contributed by atoms with van der Waals surface area (Å²) in [7, 11) is 0. The van der Waals surface area contributed by atoms with Crippen molar-refractivity contribution < 1.29 is 8.83 Å². The van der Waals surface area contributed by atoms with Gasteiger partial charge in [-0.2, -0.15) is 0 Å². The number of para-hydroxylation sites is 2. The topological polar surface area (TPSA) is 42.4 Å². The van der Waals surface area contributed by atoms with E-state index in [1.54, 1.807) is 0 Å². The Balaban J connectivity index is 1.14. The number of hydrogen-bond acceptors (Lipinski definition) is 4. The summed E-state index contributed by atoms with van der Waals surface area (Å²) in [5, 5.41) is 6.67. The number of nitrogens with zero attached hydrogens (tertiary/aromatic N) is 2. The molecule has 8 aromatic carbocycles. The first-order valence-electron chi connectivity index (χ1n) is 16.5. The zero-order chi connectivity index (χ0) is 32.3. The predicted octanol–water partition coefficient (Wildman–Crippen LogP) is 12.8. The van der Waals surface area contributed by atoms with Crippen LogP contribution in [0, 0.1) is 0 Å². The molecule has 0 N–H and O–H groups in total. The van der Waals surface area contributed by atoms with Gasteiger partial charge >= 0.3 is 0 Å². The summed E-state index contributed by atoms with van der Waals surface area (Å²) in [5.41, 5.74) is 9.53. The van der Waals surface area contributed by atoms with Crippen molar-refractivity contribution in [2.75, 3.05) is 4.90 Å². The molecule has 0 radical (unpaired) electrons. The Kier molecular flexibility index (Phi) is 6.15. The summed E-state index contributed by atoms with van der Waals surface area (Å²) in [6.07, 6.45) is 0. The van der Waals surface area contributed by atoms with E-state index < -0.39 is 0 Å². The van der Waals surface area contributed by atoms with Gasteiger partial charge in [0, 0.05) is 33.1 Å². The molecule has 0 unspecified atom stereocenters. The van der Waals surface area contributed by atoms with Crippen molar-refractivity contribution >= 4 is 71.6 Å². The lowest BCUT2D eigenvalue weighted by atomic mass is 9.98. The molecule has 4 heteroatoms. The van der Waals surface area contributed by atoms with Crippen LogP contribution in [-0.4, -0.2) is 4.98 Å². The van der Waals surface area contributed by atoms with Crippen LogP contribution in [0.3, 0.4) is 0 Å². The Labute approximate surface area is 282 Å². The van der Waals surface area contributed by atoms with Crippen molar-refractivity contribution in [2.24, 2.45) is 0 Å². The van der Waals surface area contributed by atoms with E-state index >= 15 is 0 Å². The third kappa shape index (κ3) is 4.42. The van der Waals surface area contributed by atoms with Crippen LogP contribution in [0.2, 0.25) is 0 Å². The van der Waals surface area contributed by atoms with Gasteiger partial charge in [-0.3, -0.25) is 0 Å². The second-order valence-corrected chi connectivity index (χ2v) is 12.3. The Morgan fingerprint density at radius 1 is 0.429 bits per heavy atom. The molecule has 10 rings (SSSR count). The quantitative estimate of drug-likeness (QED) is 0.190. The third-order valence-electron chi connectivity index (χ3n) is 9.50. The van der Waals surface area contributed by atoms with Crippen LogP contribution in [0.5, 0.6) is 0 Å². The molecule has 0 aliphatic rings. The van der Waals surface area contributed by atoms with Crippen LogP contribution < -0.4 is 4.90 Å². The van der Waals surface area contributed by atoms with Gasteiger partial charge in [-0.15, -0.1) is 0 Å². The minimum Gasteiger partial charge on any atom is -0.454 e. The Hall–Kier alpha value is -6.65. The van der Waals surface area contributed by atoms with Crippen molar-refractivity contribution in [1.82, 2.24) is 4.98 Å². The number of aromatic nitrogens is 1. The Morgan fingerprint density at radius 3 is 1.94 bits per heavy atom. The van der Waals surface area contributed by atoms with Crippen LogP contribution in [0.15, 0.2) is 179 Å². The van der Waals surface area contributed by atoms with Crippen molar-refractivity contribution in [3.05, 3.63) is 170 Å². The van der Waals surface area contributed by atoms with Crippen LogP contribution in [0.1, 0.15) is 0 Å². The van der Waals surface area contributed by atoms with Crippen molar-refractivity contribution in [3.8, 4) is 22.6 Å². The summed E-state index contributed by atoms with van der Waals surface area (Å²) in [5.74, 6) is 0.578. The molecule has 0 spiro atoms. The highest BCUT2D eigenvalue weighted by molar-refractivity contribution is 6.16. The SMILES string of the molecule is c1ccc(N(c2ccc(-c3cccc4ccccc34)cc2)c2cccc3c2oc2cccc(-c4nc5c(ccc6ccccc65)o4)c23)cc1. The van der Waals surface area contributed by atoms with Crippen molar-refractivity contribution in [3.63, 3.8) is 0 Å². The molecule has 0 saturated carbocycles. The molecule has 49 heavy (non-hydrogen) atoms. The van der Waals surface area contributed by atoms with E-state index in [4.69, 9.17) is 13.8 Å². The smallest absolute Gasteiger partial charge is 0.228 e. The number of anilines is 3. The van der Waals surface area contributed by atoms with Crippen LogP contribution >= 0.6 is 0 Å².